The van der Waals surface area contributed by atoms with Gasteiger partial charge in [-0.3, -0.25) is 4.79 Å². The van der Waals surface area contributed by atoms with Gasteiger partial charge < -0.3 is 11.2 Å². The van der Waals surface area contributed by atoms with E-state index in [1.165, 1.54) is 16.4 Å². The molecular weight excluding hydrogens is 482 g/mol. The van der Waals surface area contributed by atoms with Gasteiger partial charge >= 0.3 is 0 Å². The second kappa shape index (κ2) is 8.24. The van der Waals surface area contributed by atoms with Crippen molar-refractivity contribution in [1.29, 1.82) is 0 Å². The topological polar surface area (TPSA) is 85.8 Å². The summed E-state index contributed by atoms with van der Waals surface area (Å²) in [6, 6.07) is 13.4. The average Bonchev–Trinajstić information content (AvgIpc) is 2.97. The summed E-state index contributed by atoms with van der Waals surface area (Å²) in [6.45, 7) is 2.01. The van der Waals surface area contributed by atoms with Gasteiger partial charge in [-0.1, -0.05) is 57.5 Å². The van der Waals surface area contributed by atoms with Gasteiger partial charge in [0.05, 0.1) is 11.4 Å². The number of benzene rings is 2. The fourth-order valence-corrected chi connectivity index (χ4v) is 3.98. The SMILES string of the molecule is Cc1ccc(-c2nnc(SCC(=O)Nc3ccc(Br)cc3Br)n2N)cc1. The molecule has 9 heteroatoms. The lowest BCUT2D eigenvalue weighted by atomic mass is 10.1. The van der Waals surface area contributed by atoms with Gasteiger partial charge in [-0.15, -0.1) is 10.2 Å². The van der Waals surface area contributed by atoms with Crippen molar-refractivity contribution in [2.45, 2.75) is 12.1 Å². The monoisotopic (exact) mass is 495 g/mol. The molecule has 1 heterocycles. The minimum absolute atomic E-state index is 0.155. The van der Waals surface area contributed by atoms with Crippen molar-refractivity contribution in [3.63, 3.8) is 0 Å². The second-order valence-corrected chi connectivity index (χ2v) is 8.22. The highest BCUT2D eigenvalue weighted by molar-refractivity contribution is 9.11. The van der Waals surface area contributed by atoms with Crippen LogP contribution in [-0.2, 0) is 4.79 Å². The van der Waals surface area contributed by atoms with Crippen LogP contribution in [-0.4, -0.2) is 26.5 Å². The molecule has 0 saturated carbocycles. The Hall–Kier alpha value is -1.84. The number of anilines is 1. The fourth-order valence-electron chi connectivity index (χ4n) is 2.18. The molecule has 3 rings (SSSR count). The predicted molar refractivity (Wildman–Crippen MR) is 112 cm³/mol. The number of carbonyl (C=O) groups excluding carboxylic acids is 1. The number of halogens is 2. The van der Waals surface area contributed by atoms with E-state index in [4.69, 9.17) is 5.84 Å². The zero-order valence-corrected chi connectivity index (χ0v) is 17.7. The molecule has 0 bridgehead atoms. The van der Waals surface area contributed by atoms with Crippen molar-refractivity contribution in [3.8, 4) is 11.4 Å². The van der Waals surface area contributed by atoms with Gasteiger partial charge in [0.15, 0.2) is 5.82 Å². The Morgan fingerprint density at radius 2 is 1.92 bits per heavy atom. The normalized spacial score (nSPS) is 10.7. The molecule has 0 saturated heterocycles. The molecule has 0 fully saturated rings. The van der Waals surface area contributed by atoms with Crippen molar-refractivity contribution >= 4 is 55.2 Å². The number of hydrogen-bond donors (Lipinski definition) is 2. The number of carbonyl (C=O) groups is 1. The highest BCUT2D eigenvalue weighted by Gasteiger charge is 2.14. The maximum Gasteiger partial charge on any atom is 0.234 e. The molecule has 1 aromatic heterocycles. The van der Waals surface area contributed by atoms with Crippen molar-refractivity contribution in [2.24, 2.45) is 0 Å². The number of aromatic nitrogens is 3. The third-order valence-electron chi connectivity index (χ3n) is 3.51. The van der Waals surface area contributed by atoms with E-state index in [1.807, 2.05) is 49.4 Å². The van der Waals surface area contributed by atoms with Gasteiger partial charge in [0, 0.05) is 14.5 Å². The first-order chi connectivity index (χ1) is 12.4. The van der Waals surface area contributed by atoms with E-state index < -0.39 is 0 Å². The Bertz CT molecular complexity index is 943. The number of aryl methyl sites for hydroxylation is 1. The molecule has 0 aliphatic carbocycles. The third kappa shape index (κ3) is 4.46. The van der Waals surface area contributed by atoms with Crippen molar-refractivity contribution < 1.29 is 4.79 Å². The van der Waals surface area contributed by atoms with Crippen LogP contribution in [0.2, 0.25) is 0 Å². The summed E-state index contributed by atoms with van der Waals surface area (Å²) in [6.07, 6.45) is 0. The molecule has 0 aliphatic rings. The Balaban J connectivity index is 1.64. The number of thioether (sulfide) groups is 1. The molecule has 0 unspecified atom stereocenters. The summed E-state index contributed by atoms with van der Waals surface area (Å²) < 4.78 is 3.13. The van der Waals surface area contributed by atoms with E-state index in [0.29, 0.717) is 16.7 Å². The Kier molecular flexibility index (Phi) is 6.00. The second-order valence-electron chi connectivity index (χ2n) is 5.50. The quantitative estimate of drug-likeness (QED) is 0.408. The maximum atomic E-state index is 12.2. The highest BCUT2D eigenvalue weighted by atomic mass is 79.9. The van der Waals surface area contributed by atoms with Crippen LogP contribution in [0.15, 0.2) is 56.6 Å². The smallest absolute Gasteiger partial charge is 0.234 e. The zero-order valence-electron chi connectivity index (χ0n) is 13.7. The summed E-state index contributed by atoms with van der Waals surface area (Å²) >= 11 is 8.03. The Morgan fingerprint density at radius 1 is 1.19 bits per heavy atom. The molecule has 3 N–H and O–H groups in total. The summed E-state index contributed by atoms with van der Waals surface area (Å²) in [5, 5.41) is 11.5. The van der Waals surface area contributed by atoms with Crippen LogP contribution in [0.5, 0.6) is 0 Å². The first-order valence-electron chi connectivity index (χ1n) is 7.59. The first-order valence-corrected chi connectivity index (χ1v) is 10.2. The minimum atomic E-state index is -0.155. The maximum absolute atomic E-state index is 12.2. The molecule has 0 spiro atoms. The fraction of sp³-hybridized carbons (Fsp3) is 0.118. The third-order valence-corrected chi connectivity index (χ3v) is 5.60. The molecule has 3 aromatic rings. The van der Waals surface area contributed by atoms with Gasteiger partial charge in [0.25, 0.3) is 0 Å². The van der Waals surface area contributed by atoms with Crippen LogP contribution < -0.4 is 11.2 Å². The first kappa shape index (κ1) is 18.9. The minimum Gasteiger partial charge on any atom is -0.335 e. The van der Waals surface area contributed by atoms with Crippen molar-refractivity contribution in [3.05, 3.63) is 57.0 Å². The van der Waals surface area contributed by atoms with Crippen LogP contribution in [0.3, 0.4) is 0 Å². The number of nitrogens with zero attached hydrogens (tertiary/aromatic N) is 3. The van der Waals surface area contributed by atoms with Gasteiger partial charge in [-0.25, -0.2) is 4.68 Å². The van der Waals surface area contributed by atoms with Crippen molar-refractivity contribution in [1.82, 2.24) is 14.9 Å². The van der Waals surface area contributed by atoms with E-state index in [9.17, 15) is 4.79 Å². The van der Waals surface area contributed by atoms with E-state index in [-0.39, 0.29) is 11.7 Å². The van der Waals surface area contributed by atoms with E-state index in [2.05, 4.69) is 47.4 Å². The lowest BCUT2D eigenvalue weighted by Crippen LogP contribution is -2.16. The molecule has 0 atom stereocenters. The number of rotatable bonds is 5. The number of nitrogens with two attached hydrogens (primary N) is 1. The van der Waals surface area contributed by atoms with Gasteiger partial charge in [0.1, 0.15) is 0 Å². The van der Waals surface area contributed by atoms with Gasteiger partial charge in [0.2, 0.25) is 11.1 Å². The standard InChI is InChI=1S/C17H15Br2N5OS/c1-10-2-4-11(5-3-10)16-22-23-17(24(16)20)26-9-15(25)21-14-7-6-12(18)8-13(14)19/h2-8H,9,20H2,1H3,(H,21,25). The molecule has 6 nitrogen and oxygen atoms in total. The van der Waals surface area contributed by atoms with Crippen molar-refractivity contribution in [2.75, 3.05) is 16.9 Å². The summed E-state index contributed by atoms with van der Waals surface area (Å²) in [7, 11) is 0. The van der Waals surface area contributed by atoms with E-state index in [1.54, 1.807) is 0 Å². The predicted octanol–water partition coefficient (Wildman–Crippen LogP) is 4.22. The molecule has 26 heavy (non-hydrogen) atoms. The zero-order chi connectivity index (χ0) is 18.7. The molecule has 134 valence electrons. The summed E-state index contributed by atoms with van der Waals surface area (Å²) in [5.41, 5.74) is 2.73. The molecular formula is C17H15Br2N5OS. The summed E-state index contributed by atoms with van der Waals surface area (Å²) in [5.74, 6) is 6.66. The number of nitrogens with one attached hydrogen (secondary N) is 1. The Labute approximate surface area is 171 Å². The summed E-state index contributed by atoms with van der Waals surface area (Å²) in [4.78, 5) is 12.2. The highest BCUT2D eigenvalue weighted by Crippen LogP contribution is 2.27. The number of amides is 1. The molecule has 0 aliphatic heterocycles. The average molecular weight is 497 g/mol. The van der Waals surface area contributed by atoms with Crippen LogP contribution in [0.4, 0.5) is 5.69 Å². The van der Waals surface area contributed by atoms with Crippen LogP contribution >= 0.6 is 43.6 Å². The molecule has 1 amide bonds. The molecule has 0 radical (unpaired) electrons. The largest absolute Gasteiger partial charge is 0.335 e. The number of nitrogen functional groups attached to an aromatic ring is 1. The van der Waals surface area contributed by atoms with Crippen LogP contribution in [0.1, 0.15) is 5.56 Å². The lowest BCUT2D eigenvalue weighted by molar-refractivity contribution is -0.113. The van der Waals surface area contributed by atoms with Gasteiger partial charge in [-0.2, -0.15) is 0 Å². The molecule has 2 aromatic carbocycles. The Morgan fingerprint density at radius 3 is 2.62 bits per heavy atom. The van der Waals surface area contributed by atoms with Crippen LogP contribution in [0, 0.1) is 6.92 Å². The lowest BCUT2D eigenvalue weighted by Gasteiger charge is -2.08. The van der Waals surface area contributed by atoms with Gasteiger partial charge in [-0.05, 0) is 41.1 Å². The number of hydrogen-bond acceptors (Lipinski definition) is 5. The van der Waals surface area contributed by atoms with Crippen LogP contribution in [0.25, 0.3) is 11.4 Å². The van der Waals surface area contributed by atoms with E-state index in [0.717, 1.165) is 20.1 Å². The van der Waals surface area contributed by atoms with E-state index >= 15 is 0 Å².